The fourth-order valence-corrected chi connectivity index (χ4v) is 0.740. The number of aliphatic hydroxyl groups excluding tert-OH is 1. The van der Waals surface area contributed by atoms with Gasteiger partial charge in [-0.15, -0.1) is 0 Å². The number of carbonyl (C=O) groups excluding carboxylic acids is 1. The lowest BCUT2D eigenvalue weighted by Crippen LogP contribution is -2.18. The molecule has 1 N–H and O–H groups in total. The van der Waals surface area contributed by atoms with Crippen molar-refractivity contribution in [1.29, 1.82) is 0 Å². The van der Waals surface area contributed by atoms with E-state index in [-0.39, 0.29) is 0 Å². The molecule has 0 fully saturated rings. The van der Waals surface area contributed by atoms with Crippen molar-refractivity contribution in [3.63, 3.8) is 0 Å². The number of esters is 1. The molecule has 0 aromatic rings. The molecule has 76 valence electrons. The van der Waals surface area contributed by atoms with Crippen LogP contribution in [0, 0.1) is 0 Å². The summed E-state index contributed by atoms with van der Waals surface area (Å²) in [6.07, 6.45) is 1.05. The SMILES string of the molecule is CCC(O)OC(=O)/C(C)=C/N(C)C. The van der Waals surface area contributed by atoms with E-state index in [0.29, 0.717) is 12.0 Å². The Morgan fingerprint density at radius 2 is 2.15 bits per heavy atom. The van der Waals surface area contributed by atoms with Gasteiger partial charge in [-0.05, 0) is 6.92 Å². The summed E-state index contributed by atoms with van der Waals surface area (Å²) in [6, 6.07) is 0. The molecule has 0 aliphatic rings. The molecule has 0 heterocycles. The lowest BCUT2D eigenvalue weighted by atomic mass is 10.3. The summed E-state index contributed by atoms with van der Waals surface area (Å²) in [5.41, 5.74) is 0.470. The van der Waals surface area contributed by atoms with Gasteiger partial charge in [-0.25, -0.2) is 4.79 Å². The Morgan fingerprint density at radius 1 is 1.62 bits per heavy atom. The van der Waals surface area contributed by atoms with Gasteiger partial charge in [-0.1, -0.05) is 6.92 Å². The molecule has 1 atom stereocenters. The van der Waals surface area contributed by atoms with Gasteiger partial charge in [0.2, 0.25) is 6.29 Å². The van der Waals surface area contributed by atoms with E-state index in [0.717, 1.165) is 0 Å². The quantitative estimate of drug-likeness (QED) is 0.400. The van der Waals surface area contributed by atoms with Crippen LogP contribution in [0.4, 0.5) is 0 Å². The Kier molecular flexibility index (Phi) is 5.14. The fraction of sp³-hybridized carbons (Fsp3) is 0.667. The van der Waals surface area contributed by atoms with Crippen molar-refractivity contribution in [2.45, 2.75) is 26.6 Å². The van der Waals surface area contributed by atoms with Crippen molar-refractivity contribution in [3.05, 3.63) is 11.8 Å². The smallest absolute Gasteiger partial charge is 0.337 e. The minimum absolute atomic E-state index is 0.404. The van der Waals surface area contributed by atoms with Gasteiger partial charge in [0.15, 0.2) is 0 Å². The van der Waals surface area contributed by atoms with Crippen molar-refractivity contribution in [3.8, 4) is 0 Å². The van der Waals surface area contributed by atoms with E-state index in [4.69, 9.17) is 5.11 Å². The van der Waals surface area contributed by atoms with E-state index >= 15 is 0 Å². The highest BCUT2D eigenvalue weighted by molar-refractivity contribution is 5.87. The molecular weight excluding hydrogens is 170 g/mol. The topological polar surface area (TPSA) is 49.8 Å². The highest BCUT2D eigenvalue weighted by atomic mass is 16.6. The van der Waals surface area contributed by atoms with E-state index in [9.17, 15) is 4.79 Å². The van der Waals surface area contributed by atoms with Gasteiger partial charge in [-0.2, -0.15) is 0 Å². The van der Waals surface area contributed by atoms with E-state index < -0.39 is 12.3 Å². The molecule has 1 unspecified atom stereocenters. The molecule has 0 bridgehead atoms. The van der Waals surface area contributed by atoms with Crippen LogP contribution in [0.25, 0.3) is 0 Å². The lowest BCUT2D eigenvalue weighted by Gasteiger charge is -2.11. The molecule has 0 radical (unpaired) electrons. The summed E-state index contributed by atoms with van der Waals surface area (Å²) in [7, 11) is 3.63. The molecule has 0 amide bonds. The molecule has 0 aromatic heterocycles. The van der Waals surface area contributed by atoms with Crippen LogP contribution >= 0.6 is 0 Å². The Balaban J connectivity index is 4.11. The van der Waals surface area contributed by atoms with Gasteiger partial charge in [0.25, 0.3) is 0 Å². The van der Waals surface area contributed by atoms with Crippen LogP contribution in [-0.4, -0.2) is 36.4 Å². The molecule has 0 saturated carbocycles. The molecule has 0 aliphatic carbocycles. The van der Waals surface area contributed by atoms with Gasteiger partial charge in [0.1, 0.15) is 0 Å². The normalized spacial score (nSPS) is 13.8. The highest BCUT2D eigenvalue weighted by Crippen LogP contribution is 2.01. The number of rotatable bonds is 4. The second kappa shape index (κ2) is 5.59. The molecule has 13 heavy (non-hydrogen) atoms. The fourth-order valence-electron chi connectivity index (χ4n) is 0.740. The first kappa shape index (κ1) is 12.0. The average Bonchev–Trinajstić information content (AvgIpc) is 2.02. The van der Waals surface area contributed by atoms with Gasteiger partial charge >= 0.3 is 5.97 Å². The molecule has 4 heteroatoms. The Hall–Kier alpha value is -1.03. The highest BCUT2D eigenvalue weighted by Gasteiger charge is 2.10. The Labute approximate surface area is 78.8 Å². The largest absolute Gasteiger partial charge is 0.433 e. The molecule has 0 aliphatic heterocycles. The van der Waals surface area contributed by atoms with Crippen molar-refractivity contribution < 1.29 is 14.6 Å². The zero-order chi connectivity index (χ0) is 10.4. The monoisotopic (exact) mass is 187 g/mol. The van der Waals surface area contributed by atoms with Crippen molar-refractivity contribution in [1.82, 2.24) is 4.90 Å². The minimum Gasteiger partial charge on any atom is -0.433 e. The Morgan fingerprint density at radius 3 is 2.54 bits per heavy atom. The first-order valence-electron chi connectivity index (χ1n) is 4.21. The third kappa shape index (κ3) is 5.25. The predicted octanol–water partition coefficient (Wildman–Crippen LogP) is 0.723. The summed E-state index contributed by atoms with van der Waals surface area (Å²) in [4.78, 5) is 12.9. The maximum atomic E-state index is 11.2. The molecular formula is C9H17NO3. The summed E-state index contributed by atoms with van der Waals surface area (Å²) >= 11 is 0. The summed E-state index contributed by atoms with van der Waals surface area (Å²) in [6.45, 7) is 3.38. The second-order valence-corrected chi connectivity index (χ2v) is 3.04. The molecule has 0 spiro atoms. The standard InChI is InChI=1S/C9H17NO3/c1-5-8(11)13-9(12)7(2)6-10(3)4/h6,8,11H,5H2,1-4H3/b7-6+. The van der Waals surface area contributed by atoms with Crippen LogP contribution in [0.2, 0.25) is 0 Å². The summed E-state index contributed by atoms with van der Waals surface area (Å²) < 4.78 is 4.68. The number of hydrogen-bond donors (Lipinski definition) is 1. The van der Waals surface area contributed by atoms with Crippen LogP contribution < -0.4 is 0 Å². The van der Waals surface area contributed by atoms with Crippen molar-refractivity contribution in [2.24, 2.45) is 0 Å². The van der Waals surface area contributed by atoms with Crippen molar-refractivity contribution in [2.75, 3.05) is 14.1 Å². The zero-order valence-corrected chi connectivity index (χ0v) is 8.57. The van der Waals surface area contributed by atoms with E-state index in [1.54, 1.807) is 24.9 Å². The van der Waals surface area contributed by atoms with Crippen LogP contribution in [0.3, 0.4) is 0 Å². The number of aliphatic hydroxyl groups is 1. The summed E-state index contributed by atoms with van der Waals surface area (Å²) in [5.74, 6) is -0.483. The first-order chi connectivity index (χ1) is 5.97. The number of ether oxygens (including phenoxy) is 1. The van der Waals surface area contributed by atoms with E-state index in [2.05, 4.69) is 4.74 Å². The number of carbonyl (C=O) groups is 1. The second-order valence-electron chi connectivity index (χ2n) is 3.04. The average molecular weight is 187 g/mol. The van der Waals surface area contributed by atoms with Crippen LogP contribution in [0.1, 0.15) is 20.3 Å². The predicted molar refractivity (Wildman–Crippen MR) is 49.8 cm³/mol. The zero-order valence-electron chi connectivity index (χ0n) is 8.57. The molecule has 0 aromatic carbocycles. The van der Waals surface area contributed by atoms with Crippen LogP contribution in [0.15, 0.2) is 11.8 Å². The van der Waals surface area contributed by atoms with Crippen molar-refractivity contribution >= 4 is 5.97 Å². The van der Waals surface area contributed by atoms with Gasteiger partial charge in [-0.3, -0.25) is 0 Å². The van der Waals surface area contributed by atoms with Crippen LogP contribution in [-0.2, 0) is 9.53 Å². The molecule has 0 rings (SSSR count). The van der Waals surface area contributed by atoms with E-state index in [1.807, 2.05) is 14.1 Å². The number of hydrogen-bond acceptors (Lipinski definition) is 4. The summed E-state index contributed by atoms with van der Waals surface area (Å²) in [5, 5.41) is 9.03. The molecule has 4 nitrogen and oxygen atoms in total. The van der Waals surface area contributed by atoms with Gasteiger partial charge in [0, 0.05) is 32.3 Å². The maximum absolute atomic E-state index is 11.2. The molecule has 0 saturated heterocycles. The lowest BCUT2D eigenvalue weighted by molar-refractivity contribution is -0.163. The minimum atomic E-state index is -1.00. The third-order valence-corrected chi connectivity index (χ3v) is 1.37. The van der Waals surface area contributed by atoms with Gasteiger partial charge in [0.05, 0.1) is 0 Å². The van der Waals surface area contributed by atoms with Crippen LogP contribution in [0.5, 0.6) is 0 Å². The van der Waals surface area contributed by atoms with E-state index in [1.165, 1.54) is 0 Å². The third-order valence-electron chi connectivity index (χ3n) is 1.37. The Bertz CT molecular complexity index is 199. The first-order valence-corrected chi connectivity index (χ1v) is 4.21. The maximum Gasteiger partial charge on any atom is 0.337 e. The number of nitrogens with zero attached hydrogens (tertiary/aromatic N) is 1. The van der Waals surface area contributed by atoms with Gasteiger partial charge < -0.3 is 14.7 Å².